The van der Waals surface area contributed by atoms with Crippen molar-refractivity contribution in [2.45, 2.75) is 26.8 Å². The molecule has 0 atom stereocenters. The van der Waals surface area contributed by atoms with Crippen molar-refractivity contribution in [1.29, 1.82) is 0 Å². The molecule has 0 fully saturated rings. The SMILES string of the molecule is COc1cc2n(n1)CC(C)(C)C2. The predicted molar refractivity (Wildman–Crippen MR) is 46.3 cm³/mol. The topological polar surface area (TPSA) is 27.1 Å². The van der Waals surface area contributed by atoms with Gasteiger partial charge in [-0.1, -0.05) is 13.8 Å². The van der Waals surface area contributed by atoms with Crippen LogP contribution in [0.5, 0.6) is 5.88 Å². The van der Waals surface area contributed by atoms with E-state index in [1.807, 2.05) is 10.7 Å². The summed E-state index contributed by atoms with van der Waals surface area (Å²) in [6, 6.07) is 2.02. The minimum Gasteiger partial charge on any atom is -0.480 e. The van der Waals surface area contributed by atoms with Crippen LogP contribution in [0.25, 0.3) is 0 Å². The van der Waals surface area contributed by atoms with Crippen LogP contribution >= 0.6 is 0 Å². The Balaban J connectivity index is 2.30. The van der Waals surface area contributed by atoms with Crippen molar-refractivity contribution in [2.24, 2.45) is 5.41 Å². The van der Waals surface area contributed by atoms with Gasteiger partial charge >= 0.3 is 0 Å². The van der Waals surface area contributed by atoms with Crippen molar-refractivity contribution >= 4 is 0 Å². The van der Waals surface area contributed by atoms with Gasteiger partial charge in [-0.2, -0.15) is 0 Å². The van der Waals surface area contributed by atoms with Crippen LogP contribution in [0, 0.1) is 5.41 Å². The van der Waals surface area contributed by atoms with Crippen LogP contribution in [0.15, 0.2) is 6.07 Å². The van der Waals surface area contributed by atoms with Gasteiger partial charge in [-0.05, 0) is 11.8 Å². The largest absolute Gasteiger partial charge is 0.480 e. The van der Waals surface area contributed by atoms with Gasteiger partial charge in [-0.25, -0.2) is 0 Å². The Morgan fingerprint density at radius 2 is 2.33 bits per heavy atom. The molecule has 2 heterocycles. The summed E-state index contributed by atoms with van der Waals surface area (Å²) in [7, 11) is 1.66. The number of rotatable bonds is 1. The van der Waals surface area contributed by atoms with Crippen LogP contribution in [-0.4, -0.2) is 16.9 Å². The van der Waals surface area contributed by atoms with Gasteiger partial charge in [-0.15, -0.1) is 5.10 Å². The average Bonchev–Trinajstić information content (AvgIpc) is 2.40. The molecule has 0 amide bonds. The normalized spacial score (nSPS) is 19.2. The molecule has 0 saturated carbocycles. The molecule has 0 bridgehead atoms. The summed E-state index contributed by atoms with van der Waals surface area (Å²) in [4.78, 5) is 0. The Labute approximate surface area is 72.3 Å². The van der Waals surface area contributed by atoms with Crippen molar-refractivity contribution in [3.63, 3.8) is 0 Å². The van der Waals surface area contributed by atoms with Crippen LogP contribution in [0.3, 0.4) is 0 Å². The summed E-state index contributed by atoms with van der Waals surface area (Å²) in [5, 5.41) is 4.30. The monoisotopic (exact) mass is 166 g/mol. The maximum absolute atomic E-state index is 5.05. The molecule has 1 aliphatic rings. The first-order chi connectivity index (χ1) is 5.61. The molecule has 0 aromatic carbocycles. The van der Waals surface area contributed by atoms with E-state index in [2.05, 4.69) is 18.9 Å². The first kappa shape index (κ1) is 7.65. The zero-order valence-electron chi connectivity index (χ0n) is 7.79. The fraction of sp³-hybridized carbons (Fsp3) is 0.667. The smallest absolute Gasteiger partial charge is 0.232 e. The van der Waals surface area contributed by atoms with Crippen molar-refractivity contribution in [3.8, 4) is 5.88 Å². The minimum atomic E-state index is 0.370. The highest BCUT2D eigenvalue weighted by atomic mass is 16.5. The van der Waals surface area contributed by atoms with E-state index in [-0.39, 0.29) is 0 Å². The predicted octanol–water partition coefficient (Wildman–Crippen LogP) is 1.47. The van der Waals surface area contributed by atoms with E-state index in [4.69, 9.17) is 4.74 Å². The van der Waals surface area contributed by atoms with E-state index in [9.17, 15) is 0 Å². The quantitative estimate of drug-likeness (QED) is 0.631. The third-order valence-corrected chi connectivity index (χ3v) is 2.29. The van der Waals surface area contributed by atoms with Gasteiger partial charge in [0.25, 0.3) is 0 Å². The molecule has 2 rings (SSSR count). The van der Waals surface area contributed by atoms with Gasteiger partial charge in [-0.3, -0.25) is 4.68 Å². The number of nitrogens with zero attached hydrogens (tertiary/aromatic N) is 2. The molecular formula is C9H14N2O. The summed E-state index contributed by atoms with van der Waals surface area (Å²) in [5.74, 6) is 0.737. The fourth-order valence-corrected chi connectivity index (χ4v) is 1.76. The second-order valence-electron chi connectivity index (χ2n) is 4.18. The van der Waals surface area contributed by atoms with Crippen LogP contribution < -0.4 is 4.74 Å². The molecule has 0 saturated heterocycles. The molecule has 1 aromatic heterocycles. The number of hydrogen-bond acceptors (Lipinski definition) is 2. The lowest BCUT2D eigenvalue weighted by Gasteiger charge is -2.14. The van der Waals surface area contributed by atoms with Crippen molar-refractivity contribution in [1.82, 2.24) is 9.78 Å². The highest BCUT2D eigenvalue weighted by Crippen LogP contribution is 2.32. The molecule has 0 N–H and O–H groups in total. The van der Waals surface area contributed by atoms with Gasteiger partial charge in [0.2, 0.25) is 5.88 Å². The van der Waals surface area contributed by atoms with Crippen molar-refractivity contribution in [3.05, 3.63) is 11.8 Å². The van der Waals surface area contributed by atoms with Crippen LogP contribution in [0.2, 0.25) is 0 Å². The maximum atomic E-state index is 5.05. The first-order valence-electron chi connectivity index (χ1n) is 4.21. The molecule has 1 aromatic rings. The summed E-state index contributed by atoms with van der Waals surface area (Å²) >= 11 is 0. The molecule has 12 heavy (non-hydrogen) atoms. The Morgan fingerprint density at radius 1 is 1.58 bits per heavy atom. The maximum Gasteiger partial charge on any atom is 0.232 e. The second-order valence-corrected chi connectivity index (χ2v) is 4.18. The van der Waals surface area contributed by atoms with Gasteiger partial charge in [0.15, 0.2) is 0 Å². The molecule has 0 spiro atoms. The lowest BCUT2D eigenvalue weighted by molar-refractivity contribution is 0.332. The molecule has 66 valence electrons. The molecule has 1 aliphatic heterocycles. The fourth-order valence-electron chi connectivity index (χ4n) is 1.76. The average molecular weight is 166 g/mol. The highest BCUT2D eigenvalue weighted by Gasteiger charge is 2.29. The van der Waals surface area contributed by atoms with E-state index in [1.54, 1.807) is 7.11 Å². The Hall–Kier alpha value is -0.990. The van der Waals surface area contributed by atoms with Crippen molar-refractivity contribution in [2.75, 3.05) is 7.11 Å². The van der Waals surface area contributed by atoms with Gasteiger partial charge in [0.1, 0.15) is 0 Å². The summed E-state index contributed by atoms with van der Waals surface area (Å²) in [6.07, 6.45) is 1.10. The first-order valence-corrected chi connectivity index (χ1v) is 4.21. The molecule has 3 heteroatoms. The lowest BCUT2D eigenvalue weighted by atomic mass is 9.91. The van der Waals surface area contributed by atoms with Crippen LogP contribution in [-0.2, 0) is 13.0 Å². The molecule has 0 radical (unpaired) electrons. The van der Waals surface area contributed by atoms with Gasteiger partial charge in [0, 0.05) is 18.3 Å². The van der Waals surface area contributed by atoms with E-state index < -0.39 is 0 Å². The van der Waals surface area contributed by atoms with Crippen LogP contribution in [0.1, 0.15) is 19.5 Å². The van der Waals surface area contributed by atoms with E-state index in [0.29, 0.717) is 5.41 Å². The Kier molecular flexibility index (Phi) is 1.43. The van der Waals surface area contributed by atoms with E-state index in [0.717, 1.165) is 18.8 Å². The summed E-state index contributed by atoms with van der Waals surface area (Å²) in [6.45, 7) is 5.52. The number of ether oxygens (including phenoxy) is 1. The van der Waals surface area contributed by atoms with Crippen molar-refractivity contribution < 1.29 is 4.74 Å². The number of methoxy groups -OCH3 is 1. The van der Waals surface area contributed by atoms with Gasteiger partial charge in [0.05, 0.1) is 7.11 Å². The Morgan fingerprint density at radius 3 is 2.92 bits per heavy atom. The minimum absolute atomic E-state index is 0.370. The standard InChI is InChI=1S/C9H14N2O/c1-9(2)5-7-4-8(12-3)10-11(7)6-9/h4H,5-6H2,1-3H3. The van der Waals surface area contributed by atoms with E-state index in [1.165, 1.54) is 5.69 Å². The number of aromatic nitrogens is 2. The highest BCUT2D eigenvalue weighted by molar-refractivity contribution is 5.19. The molecule has 0 aliphatic carbocycles. The summed E-state index contributed by atoms with van der Waals surface area (Å²) in [5.41, 5.74) is 1.66. The number of hydrogen-bond donors (Lipinski definition) is 0. The zero-order chi connectivity index (χ0) is 8.77. The Bertz CT molecular complexity index is 276. The van der Waals surface area contributed by atoms with E-state index >= 15 is 0 Å². The van der Waals surface area contributed by atoms with Crippen LogP contribution in [0.4, 0.5) is 0 Å². The molecular weight excluding hydrogens is 152 g/mol. The summed E-state index contributed by atoms with van der Waals surface area (Å²) < 4.78 is 7.09. The van der Waals surface area contributed by atoms with Gasteiger partial charge < -0.3 is 4.74 Å². The molecule has 0 unspecified atom stereocenters. The second kappa shape index (κ2) is 2.25. The lowest BCUT2D eigenvalue weighted by Crippen LogP contribution is -2.13. The number of fused-ring (bicyclic) bond motifs is 1. The third-order valence-electron chi connectivity index (χ3n) is 2.29. The third kappa shape index (κ3) is 1.09. The molecule has 3 nitrogen and oxygen atoms in total. The zero-order valence-corrected chi connectivity index (χ0v) is 7.79.